The first kappa shape index (κ1) is 16.0. The SMILES string of the molecule is c1ccc(C(c2ccccc2)N(c2cccnc2)c2cccnc2)cc1. The Morgan fingerprint density at radius 3 is 1.38 bits per heavy atom. The Kier molecular flexibility index (Phi) is 4.70. The molecule has 0 fully saturated rings. The van der Waals surface area contributed by atoms with Gasteiger partial charge in [0, 0.05) is 12.4 Å². The molecule has 26 heavy (non-hydrogen) atoms. The molecule has 0 aliphatic carbocycles. The molecular weight excluding hydrogens is 318 g/mol. The van der Waals surface area contributed by atoms with Crippen LogP contribution in [-0.4, -0.2) is 9.97 Å². The van der Waals surface area contributed by atoms with E-state index in [9.17, 15) is 0 Å². The molecule has 0 saturated carbocycles. The number of benzene rings is 2. The summed E-state index contributed by atoms with van der Waals surface area (Å²) in [6, 6.07) is 29.2. The maximum atomic E-state index is 4.34. The minimum atomic E-state index is 0.0193. The van der Waals surface area contributed by atoms with Gasteiger partial charge in [0.2, 0.25) is 0 Å². The van der Waals surface area contributed by atoms with Gasteiger partial charge in [0.05, 0.1) is 29.8 Å². The van der Waals surface area contributed by atoms with Crippen molar-refractivity contribution in [3.63, 3.8) is 0 Å². The van der Waals surface area contributed by atoms with Crippen molar-refractivity contribution in [3.05, 3.63) is 121 Å². The van der Waals surface area contributed by atoms with E-state index < -0.39 is 0 Å². The third kappa shape index (κ3) is 3.33. The van der Waals surface area contributed by atoms with Gasteiger partial charge in [0.15, 0.2) is 0 Å². The monoisotopic (exact) mass is 337 g/mol. The highest BCUT2D eigenvalue weighted by molar-refractivity contribution is 5.65. The quantitative estimate of drug-likeness (QED) is 0.488. The molecule has 0 atom stereocenters. The van der Waals surface area contributed by atoms with Gasteiger partial charge in [0.25, 0.3) is 0 Å². The predicted molar refractivity (Wildman–Crippen MR) is 105 cm³/mol. The molecule has 126 valence electrons. The summed E-state index contributed by atoms with van der Waals surface area (Å²) in [4.78, 5) is 11.0. The Labute approximate surface area is 153 Å². The lowest BCUT2D eigenvalue weighted by Crippen LogP contribution is -2.25. The standard InChI is InChI=1S/C23H19N3/c1-3-9-19(10-4-1)23(20-11-5-2-6-12-20)26(21-13-7-15-24-17-21)22-14-8-16-25-18-22/h1-18,23H. The van der Waals surface area contributed by atoms with E-state index in [1.54, 1.807) is 12.4 Å². The minimum absolute atomic E-state index is 0.0193. The van der Waals surface area contributed by atoms with Crippen molar-refractivity contribution >= 4 is 11.4 Å². The van der Waals surface area contributed by atoms with E-state index in [0.717, 1.165) is 11.4 Å². The van der Waals surface area contributed by atoms with E-state index in [1.807, 2.05) is 36.7 Å². The second kappa shape index (κ2) is 7.62. The van der Waals surface area contributed by atoms with Gasteiger partial charge in [-0.15, -0.1) is 0 Å². The number of rotatable bonds is 5. The molecule has 0 unspecified atom stereocenters. The summed E-state index contributed by atoms with van der Waals surface area (Å²) in [6.45, 7) is 0. The van der Waals surface area contributed by atoms with Crippen LogP contribution < -0.4 is 4.90 Å². The van der Waals surface area contributed by atoms with Crippen LogP contribution >= 0.6 is 0 Å². The van der Waals surface area contributed by atoms with Crippen molar-refractivity contribution in [2.24, 2.45) is 0 Å². The number of hydrogen-bond acceptors (Lipinski definition) is 3. The highest BCUT2D eigenvalue weighted by atomic mass is 15.2. The topological polar surface area (TPSA) is 29.0 Å². The lowest BCUT2D eigenvalue weighted by Gasteiger charge is -2.34. The number of anilines is 2. The summed E-state index contributed by atoms with van der Waals surface area (Å²) in [5.41, 5.74) is 4.48. The first-order valence-electron chi connectivity index (χ1n) is 8.62. The Bertz CT molecular complexity index is 766. The third-order valence-electron chi connectivity index (χ3n) is 4.34. The second-order valence-corrected chi connectivity index (χ2v) is 6.02. The largest absolute Gasteiger partial charge is 0.327 e. The fourth-order valence-corrected chi connectivity index (χ4v) is 3.20. The van der Waals surface area contributed by atoms with Crippen LogP contribution in [0.4, 0.5) is 11.4 Å². The zero-order valence-corrected chi connectivity index (χ0v) is 14.3. The Hall–Kier alpha value is -3.46. The summed E-state index contributed by atoms with van der Waals surface area (Å²) in [6.07, 6.45) is 7.38. The molecule has 0 bridgehead atoms. The summed E-state index contributed by atoms with van der Waals surface area (Å²) in [5.74, 6) is 0. The van der Waals surface area contributed by atoms with E-state index in [2.05, 4.69) is 75.5 Å². The normalized spacial score (nSPS) is 10.7. The van der Waals surface area contributed by atoms with Crippen LogP contribution in [0.2, 0.25) is 0 Å². The summed E-state index contributed by atoms with van der Waals surface area (Å²) >= 11 is 0. The maximum Gasteiger partial charge on any atom is 0.0845 e. The molecule has 0 aliphatic heterocycles. The van der Waals surface area contributed by atoms with Gasteiger partial charge < -0.3 is 4.90 Å². The van der Waals surface area contributed by atoms with E-state index in [0.29, 0.717) is 0 Å². The van der Waals surface area contributed by atoms with Crippen LogP contribution in [-0.2, 0) is 0 Å². The molecule has 3 nitrogen and oxygen atoms in total. The van der Waals surface area contributed by atoms with Gasteiger partial charge in [-0.1, -0.05) is 60.7 Å². The highest BCUT2D eigenvalue weighted by Gasteiger charge is 2.24. The number of nitrogens with zero attached hydrogens (tertiary/aromatic N) is 3. The zero-order chi connectivity index (χ0) is 17.6. The number of aromatic nitrogens is 2. The van der Waals surface area contributed by atoms with Crippen LogP contribution in [0.25, 0.3) is 0 Å². The Balaban J connectivity index is 1.93. The highest BCUT2D eigenvalue weighted by Crippen LogP contribution is 2.38. The van der Waals surface area contributed by atoms with Crippen LogP contribution in [0.15, 0.2) is 110 Å². The molecule has 2 aromatic heterocycles. The molecule has 2 heterocycles. The van der Waals surface area contributed by atoms with Crippen molar-refractivity contribution < 1.29 is 0 Å². The molecule has 0 radical (unpaired) electrons. The minimum Gasteiger partial charge on any atom is -0.327 e. The summed E-state index contributed by atoms with van der Waals surface area (Å²) in [5, 5.41) is 0. The Morgan fingerprint density at radius 2 is 1.00 bits per heavy atom. The lowest BCUT2D eigenvalue weighted by molar-refractivity contribution is 0.815. The van der Waals surface area contributed by atoms with Gasteiger partial charge in [-0.3, -0.25) is 9.97 Å². The fraction of sp³-hybridized carbons (Fsp3) is 0.0435. The van der Waals surface area contributed by atoms with E-state index in [1.165, 1.54) is 11.1 Å². The van der Waals surface area contributed by atoms with Crippen LogP contribution in [0, 0.1) is 0 Å². The van der Waals surface area contributed by atoms with Crippen molar-refractivity contribution in [1.29, 1.82) is 0 Å². The Morgan fingerprint density at radius 1 is 0.538 bits per heavy atom. The predicted octanol–water partition coefficient (Wildman–Crippen LogP) is 5.40. The van der Waals surface area contributed by atoms with Gasteiger partial charge in [-0.05, 0) is 35.4 Å². The number of hydrogen-bond donors (Lipinski definition) is 0. The molecule has 0 N–H and O–H groups in total. The molecule has 0 saturated heterocycles. The molecule has 0 amide bonds. The van der Waals surface area contributed by atoms with Crippen LogP contribution in [0.3, 0.4) is 0 Å². The average molecular weight is 337 g/mol. The van der Waals surface area contributed by atoms with E-state index in [4.69, 9.17) is 0 Å². The van der Waals surface area contributed by atoms with Crippen molar-refractivity contribution in [3.8, 4) is 0 Å². The van der Waals surface area contributed by atoms with Crippen molar-refractivity contribution in [2.75, 3.05) is 4.90 Å². The second-order valence-electron chi connectivity index (χ2n) is 6.02. The third-order valence-corrected chi connectivity index (χ3v) is 4.34. The molecule has 2 aromatic carbocycles. The molecule has 0 spiro atoms. The van der Waals surface area contributed by atoms with E-state index in [-0.39, 0.29) is 6.04 Å². The van der Waals surface area contributed by atoms with Gasteiger partial charge >= 0.3 is 0 Å². The lowest BCUT2D eigenvalue weighted by atomic mass is 9.96. The fourth-order valence-electron chi connectivity index (χ4n) is 3.20. The first-order chi connectivity index (χ1) is 12.9. The molecule has 0 aliphatic rings. The van der Waals surface area contributed by atoms with Gasteiger partial charge in [0.1, 0.15) is 0 Å². The summed E-state index contributed by atoms with van der Waals surface area (Å²) < 4.78 is 0. The van der Waals surface area contributed by atoms with E-state index >= 15 is 0 Å². The molecule has 4 rings (SSSR count). The van der Waals surface area contributed by atoms with Crippen molar-refractivity contribution in [2.45, 2.75) is 6.04 Å². The van der Waals surface area contributed by atoms with Crippen LogP contribution in [0.5, 0.6) is 0 Å². The van der Waals surface area contributed by atoms with Crippen molar-refractivity contribution in [1.82, 2.24) is 9.97 Å². The maximum absolute atomic E-state index is 4.34. The van der Waals surface area contributed by atoms with Gasteiger partial charge in [-0.2, -0.15) is 0 Å². The molecule has 4 aromatic rings. The zero-order valence-electron chi connectivity index (χ0n) is 14.3. The number of pyridine rings is 2. The van der Waals surface area contributed by atoms with Crippen LogP contribution in [0.1, 0.15) is 17.2 Å². The average Bonchev–Trinajstić information content (AvgIpc) is 2.74. The summed E-state index contributed by atoms with van der Waals surface area (Å²) in [7, 11) is 0. The molecule has 3 heteroatoms. The van der Waals surface area contributed by atoms with Gasteiger partial charge in [-0.25, -0.2) is 0 Å². The smallest absolute Gasteiger partial charge is 0.0845 e. The molecular formula is C23H19N3. The first-order valence-corrected chi connectivity index (χ1v) is 8.62.